The molecule has 1 N–H and O–H groups in total. The SMILES string of the molecule is CC(C)(C)OC(=O)NC[C@H]1C(=O)OCN1C(=O)OCc1ccccc1. The van der Waals surface area contributed by atoms with Crippen LogP contribution >= 0.6 is 0 Å². The summed E-state index contributed by atoms with van der Waals surface area (Å²) in [5.41, 5.74) is 0.167. The van der Waals surface area contributed by atoms with Crippen molar-refractivity contribution in [2.24, 2.45) is 0 Å². The fourth-order valence-corrected chi connectivity index (χ4v) is 2.12. The van der Waals surface area contributed by atoms with Crippen molar-refractivity contribution in [3.8, 4) is 0 Å². The van der Waals surface area contributed by atoms with E-state index in [4.69, 9.17) is 14.2 Å². The highest BCUT2D eigenvalue weighted by Gasteiger charge is 2.39. The molecule has 0 bridgehead atoms. The number of cyclic esters (lactones) is 1. The van der Waals surface area contributed by atoms with E-state index in [1.165, 1.54) is 0 Å². The third kappa shape index (κ3) is 5.66. The quantitative estimate of drug-likeness (QED) is 0.660. The number of carbonyl (C=O) groups excluding carboxylic acids is 3. The Morgan fingerprint density at radius 3 is 2.60 bits per heavy atom. The Morgan fingerprint density at radius 2 is 1.96 bits per heavy atom. The van der Waals surface area contributed by atoms with Crippen molar-refractivity contribution in [2.75, 3.05) is 13.3 Å². The molecule has 0 spiro atoms. The summed E-state index contributed by atoms with van der Waals surface area (Å²) in [6.45, 7) is 4.93. The highest BCUT2D eigenvalue weighted by Crippen LogP contribution is 2.14. The van der Waals surface area contributed by atoms with E-state index in [0.717, 1.165) is 10.5 Å². The van der Waals surface area contributed by atoms with Crippen molar-refractivity contribution in [1.82, 2.24) is 10.2 Å². The second-order valence-electron chi connectivity index (χ2n) is 6.50. The summed E-state index contributed by atoms with van der Waals surface area (Å²) in [5, 5.41) is 2.46. The largest absolute Gasteiger partial charge is 0.444 e. The van der Waals surface area contributed by atoms with Gasteiger partial charge in [0, 0.05) is 0 Å². The van der Waals surface area contributed by atoms with Gasteiger partial charge in [-0.25, -0.2) is 14.4 Å². The molecule has 0 aromatic heterocycles. The van der Waals surface area contributed by atoms with E-state index >= 15 is 0 Å². The molecule has 0 aliphatic carbocycles. The van der Waals surface area contributed by atoms with E-state index < -0.39 is 29.8 Å². The second-order valence-corrected chi connectivity index (χ2v) is 6.50. The van der Waals surface area contributed by atoms with E-state index in [2.05, 4.69) is 5.32 Å². The van der Waals surface area contributed by atoms with Crippen molar-refractivity contribution in [1.29, 1.82) is 0 Å². The van der Waals surface area contributed by atoms with E-state index in [1.54, 1.807) is 20.8 Å². The van der Waals surface area contributed by atoms with Gasteiger partial charge >= 0.3 is 18.2 Å². The number of nitrogens with one attached hydrogen (secondary N) is 1. The van der Waals surface area contributed by atoms with Crippen molar-refractivity contribution in [3.05, 3.63) is 35.9 Å². The standard InChI is InChI=1S/C17H22N2O6/c1-17(2,3)25-15(21)18-9-13-14(20)24-11-19(13)16(22)23-10-12-7-5-4-6-8-12/h4-8,13H,9-11H2,1-3H3,(H,18,21)/t13-/m0/s1. The number of benzene rings is 1. The van der Waals surface area contributed by atoms with E-state index in [0.29, 0.717) is 0 Å². The lowest BCUT2D eigenvalue weighted by atomic mass is 10.2. The fraction of sp³-hybridized carbons (Fsp3) is 0.471. The Hall–Kier alpha value is -2.77. The Balaban J connectivity index is 1.87. The molecule has 8 nitrogen and oxygen atoms in total. The molecule has 1 heterocycles. The smallest absolute Gasteiger partial charge is 0.413 e. The Labute approximate surface area is 146 Å². The van der Waals surface area contributed by atoms with Gasteiger partial charge in [-0.3, -0.25) is 4.90 Å². The first kappa shape index (κ1) is 18.6. The molecule has 2 rings (SSSR count). The van der Waals surface area contributed by atoms with Crippen molar-refractivity contribution in [3.63, 3.8) is 0 Å². The molecule has 1 aromatic rings. The van der Waals surface area contributed by atoms with Crippen LogP contribution in [0, 0.1) is 0 Å². The van der Waals surface area contributed by atoms with Gasteiger partial charge in [-0.05, 0) is 26.3 Å². The predicted octanol–water partition coefficient (Wildman–Crippen LogP) is 2.03. The van der Waals surface area contributed by atoms with Crippen LogP contribution in [0.25, 0.3) is 0 Å². The molecule has 0 radical (unpaired) electrons. The maximum atomic E-state index is 12.2. The number of amides is 2. The minimum absolute atomic E-state index is 0.0799. The normalized spacial score (nSPS) is 17.0. The summed E-state index contributed by atoms with van der Waals surface area (Å²) >= 11 is 0. The molecule has 1 aliphatic heterocycles. The van der Waals surface area contributed by atoms with Crippen LogP contribution in [-0.2, 0) is 25.6 Å². The van der Waals surface area contributed by atoms with Gasteiger partial charge in [0.2, 0.25) is 0 Å². The monoisotopic (exact) mass is 350 g/mol. The van der Waals surface area contributed by atoms with Crippen LogP contribution in [0.5, 0.6) is 0 Å². The number of carbonyl (C=O) groups is 3. The van der Waals surface area contributed by atoms with Crippen molar-refractivity contribution >= 4 is 18.2 Å². The molecule has 1 aliphatic rings. The fourth-order valence-electron chi connectivity index (χ4n) is 2.12. The molecule has 2 amide bonds. The van der Waals surface area contributed by atoms with E-state index in [9.17, 15) is 14.4 Å². The topological polar surface area (TPSA) is 94.2 Å². The van der Waals surface area contributed by atoms with Crippen LogP contribution in [0.1, 0.15) is 26.3 Å². The third-order valence-electron chi connectivity index (χ3n) is 3.27. The lowest BCUT2D eigenvalue weighted by molar-refractivity contribution is -0.139. The minimum atomic E-state index is -0.948. The third-order valence-corrected chi connectivity index (χ3v) is 3.27. The zero-order valence-corrected chi connectivity index (χ0v) is 14.5. The molecular weight excluding hydrogens is 328 g/mol. The van der Waals surface area contributed by atoms with Crippen LogP contribution in [0.2, 0.25) is 0 Å². The van der Waals surface area contributed by atoms with Gasteiger partial charge in [0.05, 0.1) is 6.54 Å². The van der Waals surface area contributed by atoms with Crippen LogP contribution in [0.4, 0.5) is 9.59 Å². The predicted molar refractivity (Wildman–Crippen MR) is 87.4 cm³/mol. The molecule has 136 valence electrons. The van der Waals surface area contributed by atoms with Gasteiger partial charge in [-0.2, -0.15) is 0 Å². The molecule has 1 aromatic carbocycles. The first-order chi connectivity index (χ1) is 11.8. The van der Waals surface area contributed by atoms with Gasteiger partial charge in [0.15, 0.2) is 12.8 Å². The summed E-state index contributed by atoms with van der Waals surface area (Å²) in [7, 11) is 0. The van der Waals surface area contributed by atoms with Gasteiger partial charge in [0.1, 0.15) is 12.2 Å². The Bertz CT molecular complexity index is 626. The molecule has 8 heteroatoms. The maximum Gasteiger partial charge on any atom is 0.413 e. The number of alkyl carbamates (subject to hydrolysis) is 1. The highest BCUT2D eigenvalue weighted by molar-refractivity contribution is 5.84. The van der Waals surface area contributed by atoms with Gasteiger partial charge in [0.25, 0.3) is 0 Å². The van der Waals surface area contributed by atoms with Crippen LogP contribution in [0.15, 0.2) is 30.3 Å². The van der Waals surface area contributed by atoms with E-state index in [-0.39, 0.29) is 19.9 Å². The number of esters is 1. The summed E-state index contributed by atoms with van der Waals surface area (Å²) in [6, 6.07) is 8.21. The maximum absolute atomic E-state index is 12.2. The van der Waals surface area contributed by atoms with Crippen molar-refractivity contribution in [2.45, 2.75) is 39.0 Å². The van der Waals surface area contributed by atoms with Crippen LogP contribution in [0.3, 0.4) is 0 Å². The average Bonchev–Trinajstić information content (AvgIpc) is 2.91. The zero-order valence-electron chi connectivity index (χ0n) is 14.5. The number of nitrogens with zero attached hydrogens (tertiary/aromatic N) is 1. The van der Waals surface area contributed by atoms with Gasteiger partial charge in [-0.15, -0.1) is 0 Å². The lowest BCUT2D eigenvalue weighted by Gasteiger charge is -2.22. The molecule has 0 unspecified atom stereocenters. The molecule has 25 heavy (non-hydrogen) atoms. The summed E-state index contributed by atoms with van der Waals surface area (Å²) in [4.78, 5) is 36.8. The van der Waals surface area contributed by atoms with Crippen LogP contribution in [-0.4, -0.2) is 48.0 Å². The lowest BCUT2D eigenvalue weighted by Crippen LogP contribution is -2.47. The second kappa shape index (κ2) is 7.87. The van der Waals surface area contributed by atoms with E-state index in [1.807, 2.05) is 30.3 Å². The summed E-state index contributed by atoms with van der Waals surface area (Å²) < 4.78 is 15.2. The highest BCUT2D eigenvalue weighted by atomic mass is 16.6. The van der Waals surface area contributed by atoms with Crippen molar-refractivity contribution < 1.29 is 28.6 Å². The Morgan fingerprint density at radius 1 is 1.28 bits per heavy atom. The summed E-state index contributed by atoms with van der Waals surface area (Å²) in [6.07, 6.45) is -1.37. The average molecular weight is 350 g/mol. The molecule has 0 saturated carbocycles. The first-order valence-corrected chi connectivity index (χ1v) is 7.87. The van der Waals surface area contributed by atoms with Crippen LogP contribution < -0.4 is 5.32 Å². The zero-order chi connectivity index (χ0) is 18.4. The molecule has 1 atom stereocenters. The number of hydrogen-bond acceptors (Lipinski definition) is 6. The van der Waals surface area contributed by atoms with Gasteiger partial charge in [-0.1, -0.05) is 30.3 Å². The minimum Gasteiger partial charge on any atom is -0.444 e. The number of hydrogen-bond donors (Lipinski definition) is 1. The number of ether oxygens (including phenoxy) is 3. The first-order valence-electron chi connectivity index (χ1n) is 7.87. The Kier molecular flexibility index (Phi) is 5.84. The molecule has 1 fully saturated rings. The molecular formula is C17H22N2O6. The summed E-state index contributed by atoms with van der Waals surface area (Å²) in [5.74, 6) is -0.604. The number of rotatable bonds is 4. The van der Waals surface area contributed by atoms with Gasteiger partial charge < -0.3 is 19.5 Å². The molecule has 1 saturated heterocycles.